The van der Waals surface area contributed by atoms with Crippen molar-refractivity contribution in [2.24, 2.45) is 11.5 Å². The van der Waals surface area contributed by atoms with Gasteiger partial charge in [-0.3, -0.25) is 23.6 Å². The smallest absolute Gasteiger partial charge is 0.353 e. The molecule has 47 heavy (non-hydrogen) atoms. The molecule has 0 spiro atoms. The van der Waals surface area contributed by atoms with Crippen molar-refractivity contribution in [3.8, 4) is 0 Å². The first-order valence-electron chi connectivity index (χ1n) is 13.4. The molecular weight excluding hydrogens is 636 g/mol. The molecule has 0 bridgehead atoms. The van der Waals surface area contributed by atoms with Crippen molar-refractivity contribution in [2.75, 3.05) is 18.2 Å². The number of aromatic nitrogens is 3. The molecule has 0 aliphatic heterocycles. The monoisotopic (exact) mass is 664 g/mol. The van der Waals surface area contributed by atoms with Crippen molar-refractivity contribution >= 4 is 58.9 Å². The number of carboxylic acids is 1. The molecule has 2 heterocycles. The third-order valence-corrected chi connectivity index (χ3v) is 6.75. The number of primary amides is 1. The number of hydrogen-bond donors (Lipinski definition) is 6. The number of amides is 2. The average molecular weight is 665 g/mol. The summed E-state index contributed by atoms with van der Waals surface area (Å²) in [5.74, 6) is -3.39. The van der Waals surface area contributed by atoms with Gasteiger partial charge in [-0.25, -0.2) is 19.6 Å². The van der Waals surface area contributed by atoms with Gasteiger partial charge >= 0.3 is 11.9 Å². The average Bonchev–Trinajstić information content (AvgIpc) is 3.50. The number of anilines is 3. The first-order chi connectivity index (χ1) is 21.9. The lowest BCUT2D eigenvalue weighted by Gasteiger charge is -2.15. The van der Waals surface area contributed by atoms with Crippen molar-refractivity contribution in [2.45, 2.75) is 19.5 Å². The van der Waals surface area contributed by atoms with Crippen LogP contribution in [0.1, 0.15) is 65.9 Å². The predicted molar refractivity (Wildman–Crippen MR) is 173 cm³/mol. The number of methoxy groups -OCH3 is 1. The fraction of sp³-hybridized carbons (Fsp3) is 0.133. The summed E-state index contributed by atoms with van der Waals surface area (Å²) in [4.78, 5) is 77.2. The number of carbonyl (C=O) groups is 4. The molecule has 9 N–H and O–H groups in total. The number of esters is 1. The van der Waals surface area contributed by atoms with Gasteiger partial charge in [0.15, 0.2) is 11.3 Å². The van der Waals surface area contributed by atoms with Crippen LogP contribution in [-0.4, -0.2) is 50.3 Å². The molecule has 16 nitrogen and oxygen atoms in total. The van der Waals surface area contributed by atoms with E-state index in [2.05, 4.69) is 25.3 Å². The second-order valence-corrected chi connectivity index (χ2v) is 9.77. The van der Waals surface area contributed by atoms with E-state index in [1.165, 1.54) is 7.11 Å². The Bertz CT molecular complexity index is 2050. The zero-order valence-electron chi connectivity index (χ0n) is 24.8. The molecule has 0 saturated carbocycles. The lowest BCUT2D eigenvalue weighted by Crippen LogP contribution is -2.36. The molecule has 1 atom stereocenters. The maximum absolute atomic E-state index is 12.7. The summed E-state index contributed by atoms with van der Waals surface area (Å²) in [7, 11) is 1.28. The molecule has 2 amide bonds. The molecule has 5 rings (SSSR count). The molecule has 17 heteroatoms. The molecule has 0 unspecified atom stereocenters. The number of halogens is 1. The van der Waals surface area contributed by atoms with E-state index in [4.69, 9.17) is 17.2 Å². The summed E-state index contributed by atoms with van der Waals surface area (Å²) in [6, 6.07) is 14.3. The van der Waals surface area contributed by atoms with Gasteiger partial charge < -0.3 is 37.7 Å². The summed E-state index contributed by atoms with van der Waals surface area (Å²) in [6.45, 7) is 2.12. The Morgan fingerprint density at radius 1 is 1.04 bits per heavy atom. The quantitative estimate of drug-likeness (QED) is 0.0959. The van der Waals surface area contributed by atoms with Gasteiger partial charge in [0, 0.05) is 18.3 Å². The predicted octanol–water partition coefficient (Wildman–Crippen LogP) is 1.29. The molecule has 0 saturated heterocycles. The van der Waals surface area contributed by atoms with Crippen LogP contribution in [0.2, 0.25) is 0 Å². The Hall–Kier alpha value is -6.13. The summed E-state index contributed by atoms with van der Waals surface area (Å²) < 4.78 is 5.70. The highest BCUT2D eigenvalue weighted by Gasteiger charge is 2.22. The summed E-state index contributed by atoms with van der Waals surface area (Å²) >= 11 is 0. The minimum Gasteiger partial charge on any atom is -0.477 e. The fourth-order valence-electron chi connectivity index (χ4n) is 4.26. The van der Waals surface area contributed by atoms with E-state index in [1.807, 2.05) is 12.1 Å². The van der Waals surface area contributed by atoms with Crippen LogP contribution in [0.15, 0.2) is 70.5 Å². The number of nitrogen functional groups attached to an aromatic ring is 1. The second-order valence-electron chi connectivity index (χ2n) is 9.77. The normalized spacial score (nSPS) is 11.0. The Morgan fingerprint density at radius 3 is 2.30 bits per heavy atom. The SMILES string of the molecule is COC(=O)c1ccc([C@H](C)NC(=O)c2cc(C(=O)O)n3cnc(C(N)=O)c3n2)cc1.Cl.NCc1cccc(Nc2c(N)c(=O)c2=O)c1. The molecule has 0 aliphatic carbocycles. The number of nitrogens with one attached hydrogen (secondary N) is 2. The van der Waals surface area contributed by atoms with Gasteiger partial charge in [-0.05, 0) is 42.3 Å². The topological polar surface area (TPSA) is 264 Å². The van der Waals surface area contributed by atoms with Crippen LogP contribution in [0.3, 0.4) is 0 Å². The molecule has 0 fully saturated rings. The van der Waals surface area contributed by atoms with Gasteiger partial charge in [0.2, 0.25) is 0 Å². The van der Waals surface area contributed by atoms with Gasteiger partial charge in [-0.2, -0.15) is 0 Å². The van der Waals surface area contributed by atoms with Crippen molar-refractivity contribution in [1.29, 1.82) is 0 Å². The standard InChI is InChI=1S/C19H17N5O6.C11H11N3O2.ClH/c1-9(10-3-5-11(6-4-10)19(29)30-2)22-17(26)12-7-13(18(27)28)24-8-21-14(15(20)25)16(24)23-12;12-5-6-2-1-3-7(4-6)14-9-8(13)10(15)11(9)16;/h3-9H,1-2H3,(H2,20,25)(H,22,26)(H,27,28);1-4,14H,5,12-13H2;1H/t9-;;/m0../s1. The van der Waals surface area contributed by atoms with Crippen LogP contribution in [0.5, 0.6) is 0 Å². The minimum absolute atomic E-state index is 0. The molecule has 3 aromatic carbocycles. The number of benzene rings is 2. The van der Waals surface area contributed by atoms with E-state index in [0.717, 1.165) is 22.4 Å². The number of imidazole rings is 1. The third-order valence-electron chi connectivity index (χ3n) is 6.75. The van der Waals surface area contributed by atoms with Crippen LogP contribution < -0.4 is 38.7 Å². The Kier molecular flexibility index (Phi) is 11.1. The van der Waals surface area contributed by atoms with Crippen LogP contribution in [0.25, 0.3) is 5.65 Å². The van der Waals surface area contributed by atoms with Gasteiger partial charge in [-0.1, -0.05) is 24.3 Å². The zero-order valence-corrected chi connectivity index (χ0v) is 25.7. The Labute approximate surface area is 271 Å². The zero-order chi connectivity index (χ0) is 33.7. The molecular formula is C30H29ClN8O8. The van der Waals surface area contributed by atoms with Gasteiger partial charge in [0.05, 0.1) is 18.7 Å². The fourth-order valence-corrected chi connectivity index (χ4v) is 4.26. The van der Waals surface area contributed by atoms with Crippen LogP contribution in [-0.2, 0) is 11.3 Å². The van der Waals surface area contributed by atoms with E-state index >= 15 is 0 Å². The van der Waals surface area contributed by atoms with E-state index in [0.29, 0.717) is 23.4 Å². The number of nitrogens with two attached hydrogens (primary N) is 3. The summed E-state index contributed by atoms with van der Waals surface area (Å²) in [6.07, 6.45) is 1.10. The summed E-state index contributed by atoms with van der Waals surface area (Å²) in [5, 5.41) is 14.9. The number of ether oxygens (including phenoxy) is 1. The number of carbonyl (C=O) groups excluding carboxylic acids is 3. The minimum atomic E-state index is -1.34. The number of hydrogen-bond acceptors (Lipinski definition) is 12. The van der Waals surface area contributed by atoms with Crippen LogP contribution in [0.4, 0.5) is 17.1 Å². The van der Waals surface area contributed by atoms with E-state index in [-0.39, 0.29) is 46.5 Å². The number of aromatic carboxylic acids is 1. The van der Waals surface area contributed by atoms with E-state index in [9.17, 15) is 33.9 Å². The largest absolute Gasteiger partial charge is 0.477 e. The Balaban J connectivity index is 0.000000298. The van der Waals surface area contributed by atoms with Crippen LogP contribution in [0, 0.1) is 0 Å². The summed E-state index contributed by atoms with van der Waals surface area (Å²) in [5.41, 5.74) is 16.8. The molecule has 0 aliphatic rings. The van der Waals surface area contributed by atoms with Gasteiger partial charge in [-0.15, -0.1) is 12.4 Å². The highest BCUT2D eigenvalue weighted by molar-refractivity contribution is 6.00. The third kappa shape index (κ3) is 7.58. The van der Waals surface area contributed by atoms with Crippen molar-refractivity contribution in [1.82, 2.24) is 19.7 Å². The number of nitrogens with zero attached hydrogens (tertiary/aromatic N) is 3. The number of fused-ring (bicyclic) bond motifs is 1. The lowest BCUT2D eigenvalue weighted by molar-refractivity contribution is 0.0599. The van der Waals surface area contributed by atoms with Crippen molar-refractivity contribution in [3.63, 3.8) is 0 Å². The van der Waals surface area contributed by atoms with E-state index in [1.54, 1.807) is 43.3 Å². The highest BCUT2D eigenvalue weighted by Crippen LogP contribution is 2.19. The lowest BCUT2D eigenvalue weighted by atomic mass is 10.1. The van der Waals surface area contributed by atoms with Crippen molar-refractivity contribution < 1.29 is 29.0 Å². The highest BCUT2D eigenvalue weighted by atomic mass is 35.5. The van der Waals surface area contributed by atoms with Crippen LogP contribution >= 0.6 is 12.4 Å². The number of rotatable bonds is 9. The van der Waals surface area contributed by atoms with E-state index < -0.39 is 40.7 Å². The molecule has 0 radical (unpaired) electrons. The Morgan fingerprint density at radius 2 is 1.72 bits per heavy atom. The maximum atomic E-state index is 12.7. The van der Waals surface area contributed by atoms with Crippen molar-refractivity contribution in [3.05, 3.63) is 115 Å². The maximum Gasteiger partial charge on any atom is 0.353 e. The molecule has 2 aromatic heterocycles. The van der Waals surface area contributed by atoms with Gasteiger partial charge in [0.25, 0.3) is 22.7 Å². The first kappa shape index (κ1) is 35.4. The van der Waals surface area contributed by atoms with Gasteiger partial charge in [0.1, 0.15) is 29.1 Å². The first-order valence-corrected chi connectivity index (χ1v) is 13.4. The molecule has 5 aromatic rings. The molecule has 244 valence electrons. The second kappa shape index (κ2) is 14.8. The number of carboxylic acid groups (broad SMARTS) is 1.